The van der Waals surface area contributed by atoms with E-state index in [-0.39, 0.29) is 11.4 Å². The molecule has 0 radical (unpaired) electrons. The van der Waals surface area contributed by atoms with Gasteiger partial charge in [-0.2, -0.15) is 0 Å². The number of rotatable bonds is 3. The lowest BCUT2D eigenvalue weighted by atomic mass is 10.1. The van der Waals surface area contributed by atoms with Gasteiger partial charge < -0.3 is 10.5 Å². The average Bonchev–Trinajstić information content (AvgIpc) is 2.48. The molecule has 0 saturated carbocycles. The molecule has 0 saturated heterocycles. The third kappa shape index (κ3) is 2.76. The molecule has 5 heteroatoms. The van der Waals surface area contributed by atoms with E-state index < -0.39 is 6.43 Å². The van der Waals surface area contributed by atoms with Crippen molar-refractivity contribution in [2.75, 3.05) is 5.73 Å². The number of hydrogen-bond acceptors (Lipinski definition) is 3. The van der Waals surface area contributed by atoms with Crippen molar-refractivity contribution in [1.82, 2.24) is 4.98 Å². The van der Waals surface area contributed by atoms with Crippen LogP contribution in [0.4, 0.5) is 14.5 Å². The van der Waals surface area contributed by atoms with E-state index in [2.05, 4.69) is 4.98 Å². The van der Waals surface area contributed by atoms with Crippen molar-refractivity contribution < 1.29 is 13.5 Å². The van der Waals surface area contributed by atoms with Crippen LogP contribution in [0.2, 0.25) is 0 Å². The molecule has 3 nitrogen and oxygen atoms in total. The molecule has 3 aromatic rings. The monoisotopic (exact) mass is 286 g/mol. The highest BCUT2D eigenvalue weighted by Gasteiger charge is 2.12. The smallest absolute Gasteiger partial charge is 0.280 e. The molecular formula is C16H12F2N2O. The van der Waals surface area contributed by atoms with Crippen LogP contribution in [0.3, 0.4) is 0 Å². The number of halogens is 2. The van der Waals surface area contributed by atoms with Gasteiger partial charge in [0.15, 0.2) is 0 Å². The molecule has 0 aliphatic carbocycles. The molecule has 0 atom stereocenters. The quantitative estimate of drug-likeness (QED) is 0.768. The Bertz CT molecular complexity index is 776. The number of para-hydroxylation sites is 1. The molecule has 21 heavy (non-hydrogen) atoms. The first-order chi connectivity index (χ1) is 10.1. The van der Waals surface area contributed by atoms with Gasteiger partial charge in [-0.15, -0.1) is 0 Å². The molecule has 0 aliphatic heterocycles. The van der Waals surface area contributed by atoms with Crippen LogP contribution in [0.25, 0.3) is 10.9 Å². The Morgan fingerprint density at radius 2 is 1.71 bits per heavy atom. The number of ether oxygens (including phenoxy) is 1. The van der Waals surface area contributed by atoms with Crippen molar-refractivity contribution in [3.8, 4) is 11.5 Å². The molecule has 2 N–H and O–H groups in total. The Morgan fingerprint density at radius 1 is 0.952 bits per heavy atom. The standard InChI is InChI=1S/C16H12F2N2O/c17-16(18)15-9-13(19)12-8-11(6-7-14(12)20-15)21-10-4-2-1-3-5-10/h1-9,16H,(H2,19,20). The summed E-state index contributed by atoms with van der Waals surface area (Å²) < 4.78 is 31.1. The highest BCUT2D eigenvalue weighted by molar-refractivity contribution is 5.91. The Kier molecular flexibility index (Phi) is 3.39. The Hall–Kier alpha value is -2.69. The molecule has 0 fully saturated rings. The summed E-state index contributed by atoms with van der Waals surface area (Å²) in [6.07, 6.45) is -2.64. The molecule has 1 aromatic heterocycles. The summed E-state index contributed by atoms with van der Waals surface area (Å²) in [6, 6.07) is 15.5. The fraction of sp³-hybridized carbons (Fsp3) is 0.0625. The maximum absolute atomic E-state index is 12.7. The van der Waals surface area contributed by atoms with Crippen molar-refractivity contribution in [2.45, 2.75) is 6.43 Å². The van der Waals surface area contributed by atoms with Crippen LogP contribution < -0.4 is 10.5 Å². The van der Waals surface area contributed by atoms with Crippen LogP contribution in [0.5, 0.6) is 11.5 Å². The first-order valence-electron chi connectivity index (χ1n) is 6.35. The summed E-state index contributed by atoms with van der Waals surface area (Å²) in [7, 11) is 0. The number of anilines is 1. The number of hydrogen-bond donors (Lipinski definition) is 1. The van der Waals surface area contributed by atoms with E-state index in [1.165, 1.54) is 6.07 Å². The van der Waals surface area contributed by atoms with Crippen LogP contribution in [0.1, 0.15) is 12.1 Å². The van der Waals surface area contributed by atoms with Crippen LogP contribution >= 0.6 is 0 Å². The first-order valence-corrected chi connectivity index (χ1v) is 6.35. The van der Waals surface area contributed by atoms with Crippen molar-refractivity contribution in [3.63, 3.8) is 0 Å². The lowest BCUT2D eigenvalue weighted by Crippen LogP contribution is -1.96. The third-order valence-electron chi connectivity index (χ3n) is 3.03. The van der Waals surface area contributed by atoms with Crippen LogP contribution in [-0.4, -0.2) is 4.98 Å². The maximum Gasteiger partial charge on any atom is 0.280 e. The second-order valence-corrected chi connectivity index (χ2v) is 4.53. The molecular weight excluding hydrogens is 274 g/mol. The molecule has 3 rings (SSSR count). The SMILES string of the molecule is Nc1cc(C(F)F)nc2ccc(Oc3ccccc3)cc12. The summed E-state index contributed by atoms with van der Waals surface area (Å²) >= 11 is 0. The van der Waals surface area contributed by atoms with Gasteiger partial charge in [0.25, 0.3) is 6.43 Å². The highest BCUT2D eigenvalue weighted by Crippen LogP contribution is 2.30. The number of pyridine rings is 1. The molecule has 106 valence electrons. The van der Waals surface area contributed by atoms with Gasteiger partial charge in [-0.05, 0) is 36.4 Å². The van der Waals surface area contributed by atoms with Crippen molar-refractivity contribution in [1.29, 1.82) is 0 Å². The number of fused-ring (bicyclic) bond motifs is 1. The van der Waals surface area contributed by atoms with Crippen LogP contribution in [-0.2, 0) is 0 Å². The van der Waals surface area contributed by atoms with E-state index >= 15 is 0 Å². The minimum atomic E-state index is -2.64. The molecule has 0 aliphatic rings. The van der Waals surface area contributed by atoms with E-state index in [1.54, 1.807) is 18.2 Å². The zero-order valence-electron chi connectivity index (χ0n) is 11.0. The predicted octanol–water partition coefficient (Wildman–Crippen LogP) is 4.55. The van der Waals surface area contributed by atoms with Gasteiger partial charge in [-0.25, -0.2) is 13.8 Å². The number of benzene rings is 2. The van der Waals surface area contributed by atoms with E-state index in [0.717, 1.165) is 0 Å². The van der Waals surface area contributed by atoms with Gasteiger partial charge in [0, 0.05) is 11.1 Å². The predicted molar refractivity (Wildman–Crippen MR) is 77.6 cm³/mol. The number of alkyl halides is 2. The third-order valence-corrected chi connectivity index (χ3v) is 3.03. The molecule has 0 bridgehead atoms. The van der Waals surface area contributed by atoms with E-state index in [0.29, 0.717) is 22.4 Å². The van der Waals surface area contributed by atoms with Crippen LogP contribution in [0, 0.1) is 0 Å². The maximum atomic E-state index is 12.7. The normalized spacial score (nSPS) is 11.0. The molecule has 0 spiro atoms. The number of nitrogens with zero attached hydrogens (tertiary/aromatic N) is 1. The van der Waals surface area contributed by atoms with Crippen molar-refractivity contribution in [3.05, 3.63) is 60.3 Å². The van der Waals surface area contributed by atoms with Gasteiger partial charge in [-0.3, -0.25) is 0 Å². The fourth-order valence-corrected chi connectivity index (χ4v) is 2.05. The van der Waals surface area contributed by atoms with Gasteiger partial charge in [0.2, 0.25) is 0 Å². The summed E-state index contributed by atoms with van der Waals surface area (Å²) in [5, 5.41) is 0.591. The summed E-state index contributed by atoms with van der Waals surface area (Å²) in [4.78, 5) is 3.90. The minimum absolute atomic E-state index is 0.258. The minimum Gasteiger partial charge on any atom is -0.457 e. The lowest BCUT2D eigenvalue weighted by molar-refractivity contribution is 0.146. The van der Waals surface area contributed by atoms with E-state index in [1.807, 2.05) is 30.3 Å². The summed E-state index contributed by atoms with van der Waals surface area (Å²) in [6.45, 7) is 0. The summed E-state index contributed by atoms with van der Waals surface area (Å²) in [5.41, 5.74) is 6.19. The Labute approximate surface area is 120 Å². The molecule has 0 unspecified atom stereocenters. The Balaban J connectivity index is 2.00. The largest absolute Gasteiger partial charge is 0.457 e. The first kappa shape index (κ1) is 13.3. The Morgan fingerprint density at radius 3 is 2.43 bits per heavy atom. The fourth-order valence-electron chi connectivity index (χ4n) is 2.05. The lowest BCUT2D eigenvalue weighted by Gasteiger charge is -2.09. The van der Waals surface area contributed by atoms with Gasteiger partial charge >= 0.3 is 0 Å². The topological polar surface area (TPSA) is 48.1 Å². The van der Waals surface area contributed by atoms with E-state index in [9.17, 15) is 8.78 Å². The van der Waals surface area contributed by atoms with Gasteiger partial charge in [-0.1, -0.05) is 18.2 Å². The zero-order chi connectivity index (χ0) is 14.8. The zero-order valence-corrected chi connectivity index (χ0v) is 11.0. The molecule has 2 aromatic carbocycles. The molecule has 0 amide bonds. The molecule has 1 heterocycles. The van der Waals surface area contributed by atoms with Crippen molar-refractivity contribution in [2.24, 2.45) is 0 Å². The summed E-state index contributed by atoms with van der Waals surface area (Å²) in [5.74, 6) is 1.26. The number of nitrogen functional groups attached to an aromatic ring is 1. The van der Waals surface area contributed by atoms with Crippen LogP contribution in [0.15, 0.2) is 54.6 Å². The number of nitrogens with two attached hydrogens (primary N) is 1. The van der Waals surface area contributed by atoms with Crippen molar-refractivity contribution >= 4 is 16.6 Å². The van der Waals surface area contributed by atoms with Gasteiger partial charge in [0.1, 0.15) is 17.2 Å². The second kappa shape index (κ2) is 5.36. The second-order valence-electron chi connectivity index (χ2n) is 4.53. The van der Waals surface area contributed by atoms with E-state index in [4.69, 9.17) is 10.5 Å². The average molecular weight is 286 g/mol. The number of aromatic nitrogens is 1. The van der Waals surface area contributed by atoms with Gasteiger partial charge in [0.05, 0.1) is 5.52 Å². The highest BCUT2D eigenvalue weighted by atomic mass is 19.3.